The Morgan fingerprint density at radius 3 is 2.24 bits per heavy atom. The fraction of sp³-hybridized carbons (Fsp3) is 0.654. The number of quaternary nitrogens is 1. The summed E-state index contributed by atoms with van der Waals surface area (Å²) in [5, 5.41) is 16.9. The molecule has 2 atom stereocenters. The summed E-state index contributed by atoms with van der Waals surface area (Å²) in [5.41, 5.74) is 0.152. The van der Waals surface area contributed by atoms with Gasteiger partial charge in [0.05, 0.1) is 13.1 Å². The molecule has 188 valence electrons. The first-order chi connectivity index (χ1) is 16.1. The van der Waals surface area contributed by atoms with Gasteiger partial charge >= 0.3 is 17.9 Å². The average molecular weight is 475 g/mol. The number of carbonyl (C=O) groups is 3. The van der Waals surface area contributed by atoms with E-state index in [0.29, 0.717) is 13.1 Å². The first kappa shape index (κ1) is 26.2. The third-order valence-corrected chi connectivity index (χ3v) is 6.73. The van der Waals surface area contributed by atoms with Crippen molar-refractivity contribution in [2.75, 3.05) is 13.1 Å². The van der Waals surface area contributed by atoms with E-state index in [9.17, 15) is 19.5 Å². The van der Waals surface area contributed by atoms with E-state index in [2.05, 4.69) is 10.6 Å². The molecule has 3 N–H and O–H groups in total. The maximum Gasteiger partial charge on any atom is 0.408 e. The molecule has 2 aliphatic rings. The molecule has 1 aromatic rings. The summed E-state index contributed by atoms with van der Waals surface area (Å²) in [5.74, 6) is -0.864. The van der Waals surface area contributed by atoms with E-state index in [1.807, 2.05) is 30.3 Å². The SMILES string of the molecule is CC(C)(C)OC(=O)NC(Cc1ccccc1)C(=O)[N+]1(C(O)C(=O)NC2CCCCC2)CCCC1. The Bertz CT molecular complexity index is 840. The highest BCUT2D eigenvalue weighted by molar-refractivity contribution is 5.86. The van der Waals surface area contributed by atoms with Crippen molar-refractivity contribution in [3.05, 3.63) is 35.9 Å². The number of carbonyl (C=O) groups excluding carboxylic acids is 3. The number of aliphatic hydroxyl groups is 1. The number of aliphatic hydroxyl groups excluding tert-OH is 1. The molecule has 0 spiro atoms. The van der Waals surface area contributed by atoms with Crippen molar-refractivity contribution >= 4 is 17.9 Å². The number of likely N-dealkylation sites (tertiary alicyclic amines) is 1. The van der Waals surface area contributed by atoms with Gasteiger partial charge in [0.2, 0.25) is 0 Å². The minimum Gasteiger partial charge on any atom is -0.444 e. The summed E-state index contributed by atoms with van der Waals surface area (Å²) < 4.78 is 5.04. The molecule has 0 bridgehead atoms. The van der Waals surface area contributed by atoms with Crippen LogP contribution in [0.1, 0.15) is 71.3 Å². The van der Waals surface area contributed by atoms with Crippen LogP contribution in [0.3, 0.4) is 0 Å². The van der Waals surface area contributed by atoms with Gasteiger partial charge in [-0.25, -0.2) is 14.1 Å². The normalized spacial score (nSPS) is 20.2. The Hall–Kier alpha value is -2.45. The number of rotatable bonds is 7. The average Bonchev–Trinajstić information content (AvgIpc) is 3.29. The Labute approximate surface area is 202 Å². The molecule has 1 heterocycles. The molecule has 8 heteroatoms. The van der Waals surface area contributed by atoms with Crippen LogP contribution in [0.25, 0.3) is 0 Å². The van der Waals surface area contributed by atoms with Crippen LogP contribution in [0.15, 0.2) is 30.3 Å². The van der Waals surface area contributed by atoms with Crippen LogP contribution in [0, 0.1) is 0 Å². The number of hydrogen-bond acceptors (Lipinski definition) is 5. The molecule has 2 fully saturated rings. The quantitative estimate of drug-likeness (QED) is 0.527. The first-order valence-electron chi connectivity index (χ1n) is 12.5. The van der Waals surface area contributed by atoms with Gasteiger partial charge in [0.15, 0.2) is 6.04 Å². The van der Waals surface area contributed by atoms with Gasteiger partial charge in [-0.1, -0.05) is 49.6 Å². The molecule has 8 nitrogen and oxygen atoms in total. The number of amides is 3. The Balaban J connectivity index is 1.82. The minimum absolute atomic E-state index is 0.0358. The number of ether oxygens (including phenoxy) is 1. The van der Waals surface area contributed by atoms with Gasteiger partial charge < -0.3 is 20.5 Å². The van der Waals surface area contributed by atoms with E-state index in [-0.39, 0.29) is 22.9 Å². The maximum atomic E-state index is 14.0. The molecular weight excluding hydrogens is 434 g/mol. The summed E-state index contributed by atoms with van der Waals surface area (Å²) >= 11 is 0. The van der Waals surface area contributed by atoms with Crippen molar-refractivity contribution in [3.8, 4) is 0 Å². The molecule has 1 aliphatic heterocycles. The van der Waals surface area contributed by atoms with Gasteiger partial charge in [-0.05, 0) is 39.2 Å². The van der Waals surface area contributed by atoms with Gasteiger partial charge in [-0.3, -0.25) is 4.79 Å². The molecular formula is C26H40N3O5+. The smallest absolute Gasteiger partial charge is 0.408 e. The lowest BCUT2D eigenvalue weighted by atomic mass is 9.95. The molecule has 1 aliphatic carbocycles. The van der Waals surface area contributed by atoms with Crippen molar-refractivity contribution in [2.45, 2.75) is 96.1 Å². The fourth-order valence-electron chi connectivity index (χ4n) is 5.04. The van der Waals surface area contributed by atoms with Crippen LogP contribution >= 0.6 is 0 Å². The highest BCUT2D eigenvalue weighted by Gasteiger charge is 2.52. The zero-order valence-corrected chi connectivity index (χ0v) is 20.7. The van der Waals surface area contributed by atoms with Gasteiger partial charge in [-0.2, -0.15) is 0 Å². The van der Waals surface area contributed by atoms with E-state index in [0.717, 1.165) is 50.5 Å². The van der Waals surface area contributed by atoms with E-state index in [4.69, 9.17) is 4.74 Å². The zero-order chi connectivity index (χ0) is 24.8. The number of hydrogen-bond donors (Lipinski definition) is 3. The Kier molecular flexibility index (Phi) is 8.71. The molecule has 0 aromatic heterocycles. The first-order valence-corrected chi connectivity index (χ1v) is 12.5. The summed E-state index contributed by atoms with van der Waals surface area (Å²) in [4.78, 5) is 39.6. The molecule has 3 rings (SSSR count). The second-order valence-electron chi connectivity index (χ2n) is 10.6. The maximum absolute atomic E-state index is 14.0. The van der Waals surface area contributed by atoms with Crippen LogP contribution in [-0.2, 0) is 20.7 Å². The number of alkyl carbamates (subject to hydrolysis) is 1. The van der Waals surface area contributed by atoms with E-state index in [1.54, 1.807) is 20.8 Å². The lowest BCUT2D eigenvalue weighted by Gasteiger charge is -2.38. The highest BCUT2D eigenvalue weighted by Crippen LogP contribution is 2.27. The predicted molar refractivity (Wildman–Crippen MR) is 129 cm³/mol. The molecule has 1 aromatic carbocycles. The second-order valence-corrected chi connectivity index (χ2v) is 10.6. The van der Waals surface area contributed by atoms with Crippen LogP contribution in [0.2, 0.25) is 0 Å². The van der Waals surface area contributed by atoms with Gasteiger partial charge in [0, 0.05) is 25.3 Å². The summed E-state index contributed by atoms with van der Waals surface area (Å²) in [6.45, 7) is 6.00. The number of benzene rings is 1. The third-order valence-electron chi connectivity index (χ3n) is 6.73. The fourth-order valence-corrected chi connectivity index (χ4v) is 5.04. The van der Waals surface area contributed by atoms with E-state index >= 15 is 0 Å². The Morgan fingerprint density at radius 2 is 1.65 bits per heavy atom. The highest BCUT2D eigenvalue weighted by atomic mass is 16.6. The monoisotopic (exact) mass is 474 g/mol. The van der Waals surface area contributed by atoms with E-state index < -0.39 is 29.9 Å². The number of nitrogens with one attached hydrogen (secondary N) is 2. The van der Waals surface area contributed by atoms with Crippen LogP contribution < -0.4 is 10.6 Å². The second kappa shape index (κ2) is 11.3. The van der Waals surface area contributed by atoms with Gasteiger partial charge in [0.25, 0.3) is 6.23 Å². The molecule has 1 saturated heterocycles. The van der Waals surface area contributed by atoms with Crippen molar-refractivity contribution in [3.63, 3.8) is 0 Å². The van der Waals surface area contributed by atoms with Crippen molar-refractivity contribution in [1.29, 1.82) is 0 Å². The summed E-state index contributed by atoms with van der Waals surface area (Å²) in [6.07, 6.45) is 4.55. The lowest BCUT2D eigenvalue weighted by molar-refractivity contribution is -0.881. The van der Waals surface area contributed by atoms with Gasteiger partial charge in [0.1, 0.15) is 5.60 Å². The Morgan fingerprint density at radius 1 is 1.03 bits per heavy atom. The number of nitrogens with zero attached hydrogens (tertiary/aromatic N) is 1. The van der Waals surface area contributed by atoms with Crippen molar-refractivity contribution in [1.82, 2.24) is 10.6 Å². The van der Waals surface area contributed by atoms with Crippen LogP contribution in [0.5, 0.6) is 0 Å². The summed E-state index contributed by atoms with van der Waals surface area (Å²) in [7, 11) is 0. The lowest BCUT2D eigenvalue weighted by Crippen LogP contribution is -2.68. The largest absolute Gasteiger partial charge is 0.444 e. The van der Waals surface area contributed by atoms with Crippen molar-refractivity contribution in [2.24, 2.45) is 0 Å². The van der Waals surface area contributed by atoms with Gasteiger partial charge in [-0.15, -0.1) is 0 Å². The zero-order valence-electron chi connectivity index (χ0n) is 20.7. The van der Waals surface area contributed by atoms with E-state index in [1.165, 1.54) is 0 Å². The van der Waals surface area contributed by atoms with Crippen LogP contribution in [-0.4, -0.2) is 64.5 Å². The standard InChI is InChI=1S/C26H39N3O5/c1-26(2,3)34-25(33)28-21(18-19-12-6-4-7-13-19)23(31)29(16-10-11-17-29)24(32)22(30)27-20-14-8-5-9-15-20/h4,6-7,12-13,20-21,24,32H,5,8-11,14-18H2,1-3H3,(H-,27,28,30,33)/p+1. The van der Waals surface area contributed by atoms with Crippen molar-refractivity contribution < 1.29 is 28.7 Å². The third kappa shape index (κ3) is 6.79. The molecule has 1 saturated carbocycles. The molecule has 2 unspecified atom stereocenters. The molecule has 34 heavy (non-hydrogen) atoms. The van der Waals surface area contributed by atoms with Crippen LogP contribution in [0.4, 0.5) is 4.79 Å². The molecule has 3 amide bonds. The molecule has 0 radical (unpaired) electrons. The minimum atomic E-state index is -1.50. The predicted octanol–water partition coefficient (Wildman–Crippen LogP) is 3.03. The summed E-state index contributed by atoms with van der Waals surface area (Å²) in [6, 6.07) is 8.50. The topological polar surface area (TPSA) is 105 Å².